The number of anilines is 2. The molecule has 1 atom stereocenters. The largest absolute Gasteiger partial charge is 0.396 e. The lowest BCUT2D eigenvalue weighted by Gasteiger charge is -2.29. The predicted molar refractivity (Wildman–Crippen MR) is 75.8 cm³/mol. The van der Waals surface area contributed by atoms with E-state index in [0.717, 1.165) is 30.9 Å². The van der Waals surface area contributed by atoms with E-state index in [1.165, 1.54) is 0 Å². The van der Waals surface area contributed by atoms with Gasteiger partial charge in [-0.3, -0.25) is 0 Å². The van der Waals surface area contributed by atoms with E-state index in [-0.39, 0.29) is 12.1 Å². The summed E-state index contributed by atoms with van der Waals surface area (Å²) in [5, 5.41) is 12.6. The molecule has 0 bridgehead atoms. The highest BCUT2D eigenvalue weighted by Crippen LogP contribution is 2.39. The number of hydrazine groups is 1. The number of aliphatic hydroxyl groups excluding tert-OH is 1. The number of hydrogen-bond donors (Lipinski definition) is 4. The van der Waals surface area contributed by atoms with E-state index >= 15 is 0 Å². The molecule has 0 aliphatic heterocycles. The average Bonchev–Trinajstić information content (AvgIpc) is 3.23. The molecule has 6 nitrogen and oxygen atoms in total. The van der Waals surface area contributed by atoms with Gasteiger partial charge in [0.1, 0.15) is 17.5 Å². The summed E-state index contributed by atoms with van der Waals surface area (Å²) in [7, 11) is 0. The summed E-state index contributed by atoms with van der Waals surface area (Å²) in [6, 6.07) is 1.80. The van der Waals surface area contributed by atoms with Crippen molar-refractivity contribution in [3.63, 3.8) is 0 Å². The van der Waals surface area contributed by atoms with Crippen molar-refractivity contribution in [2.75, 3.05) is 17.3 Å². The maximum atomic E-state index is 9.16. The summed E-state index contributed by atoms with van der Waals surface area (Å²) >= 11 is 0. The van der Waals surface area contributed by atoms with Gasteiger partial charge in [-0.15, -0.1) is 0 Å². The molecule has 19 heavy (non-hydrogen) atoms. The van der Waals surface area contributed by atoms with Crippen LogP contribution >= 0.6 is 0 Å². The standard InChI is InChI=1S/C13H23N5O/c1-3-13(2,6-7-19)17-10-8-11(18-14)16-12(15-10)9-4-5-9/h8-9,19H,3-7,14H2,1-2H3,(H2,15,16,17,18). The number of nitrogen functional groups attached to an aromatic ring is 1. The van der Waals surface area contributed by atoms with Crippen molar-refractivity contribution in [3.8, 4) is 0 Å². The molecule has 2 rings (SSSR count). The molecule has 106 valence electrons. The van der Waals surface area contributed by atoms with Crippen LogP contribution in [0.5, 0.6) is 0 Å². The Morgan fingerprint density at radius 2 is 2.11 bits per heavy atom. The van der Waals surface area contributed by atoms with Gasteiger partial charge in [0.05, 0.1) is 0 Å². The van der Waals surface area contributed by atoms with Gasteiger partial charge in [0.15, 0.2) is 0 Å². The third-order valence-corrected chi connectivity index (χ3v) is 3.71. The summed E-state index contributed by atoms with van der Waals surface area (Å²) < 4.78 is 0. The number of rotatable bonds is 7. The Morgan fingerprint density at radius 3 is 2.63 bits per heavy atom. The van der Waals surface area contributed by atoms with Crippen molar-refractivity contribution < 1.29 is 5.11 Å². The van der Waals surface area contributed by atoms with Crippen LogP contribution in [0.2, 0.25) is 0 Å². The maximum Gasteiger partial charge on any atom is 0.145 e. The number of hydrogen-bond acceptors (Lipinski definition) is 6. The zero-order chi connectivity index (χ0) is 13.9. The van der Waals surface area contributed by atoms with Crippen LogP contribution in [0.15, 0.2) is 6.07 Å². The van der Waals surface area contributed by atoms with Gasteiger partial charge in [-0.25, -0.2) is 15.8 Å². The van der Waals surface area contributed by atoms with Gasteiger partial charge >= 0.3 is 0 Å². The Hall–Kier alpha value is -1.40. The zero-order valence-electron chi connectivity index (χ0n) is 11.6. The summed E-state index contributed by atoms with van der Waals surface area (Å²) in [6.45, 7) is 4.32. The molecule has 0 spiro atoms. The van der Waals surface area contributed by atoms with Crippen LogP contribution in [0.25, 0.3) is 0 Å². The van der Waals surface area contributed by atoms with Crippen molar-refractivity contribution in [3.05, 3.63) is 11.9 Å². The molecule has 1 aliphatic rings. The molecule has 1 aliphatic carbocycles. The van der Waals surface area contributed by atoms with Crippen molar-refractivity contribution in [1.82, 2.24) is 9.97 Å². The molecule has 0 aromatic carbocycles. The van der Waals surface area contributed by atoms with E-state index in [0.29, 0.717) is 18.2 Å². The molecule has 1 fully saturated rings. The Labute approximate surface area is 113 Å². The monoisotopic (exact) mass is 265 g/mol. The van der Waals surface area contributed by atoms with Crippen LogP contribution in [0.3, 0.4) is 0 Å². The van der Waals surface area contributed by atoms with Gasteiger partial charge in [0.2, 0.25) is 0 Å². The lowest BCUT2D eigenvalue weighted by molar-refractivity contribution is 0.252. The summed E-state index contributed by atoms with van der Waals surface area (Å²) in [4.78, 5) is 8.94. The number of nitrogens with zero attached hydrogens (tertiary/aromatic N) is 2. The topological polar surface area (TPSA) is 96.1 Å². The highest BCUT2D eigenvalue weighted by molar-refractivity contribution is 5.49. The number of nitrogens with one attached hydrogen (secondary N) is 2. The fraction of sp³-hybridized carbons (Fsp3) is 0.692. The molecule has 0 radical (unpaired) electrons. The second-order valence-corrected chi connectivity index (χ2v) is 5.43. The highest BCUT2D eigenvalue weighted by Gasteiger charge is 2.28. The summed E-state index contributed by atoms with van der Waals surface area (Å²) in [5.74, 6) is 8.17. The van der Waals surface area contributed by atoms with E-state index < -0.39 is 0 Å². The molecule has 1 saturated carbocycles. The van der Waals surface area contributed by atoms with Crippen LogP contribution in [0.4, 0.5) is 11.6 Å². The molecular formula is C13H23N5O. The van der Waals surface area contributed by atoms with E-state index in [4.69, 9.17) is 10.9 Å². The summed E-state index contributed by atoms with van der Waals surface area (Å²) in [5.41, 5.74) is 2.41. The lowest BCUT2D eigenvalue weighted by atomic mass is 9.95. The normalized spacial score (nSPS) is 17.9. The Balaban J connectivity index is 2.20. The third-order valence-electron chi connectivity index (χ3n) is 3.71. The van der Waals surface area contributed by atoms with Gasteiger partial charge in [-0.1, -0.05) is 6.92 Å². The van der Waals surface area contributed by atoms with Crippen LogP contribution in [0, 0.1) is 0 Å². The zero-order valence-corrected chi connectivity index (χ0v) is 11.6. The molecule has 5 N–H and O–H groups in total. The van der Waals surface area contributed by atoms with Crippen molar-refractivity contribution in [2.24, 2.45) is 5.84 Å². The molecule has 1 aromatic rings. The minimum atomic E-state index is -0.171. The average molecular weight is 265 g/mol. The molecule has 1 heterocycles. The Bertz CT molecular complexity index is 435. The second kappa shape index (κ2) is 5.71. The van der Waals surface area contributed by atoms with Crippen molar-refractivity contribution >= 4 is 11.6 Å². The predicted octanol–water partition coefficient (Wildman–Crippen LogP) is 1.60. The minimum Gasteiger partial charge on any atom is -0.396 e. The Morgan fingerprint density at radius 1 is 1.42 bits per heavy atom. The molecular weight excluding hydrogens is 242 g/mol. The van der Waals surface area contributed by atoms with Crippen molar-refractivity contribution in [1.29, 1.82) is 0 Å². The first-order valence-corrected chi connectivity index (χ1v) is 6.85. The quantitative estimate of drug-likeness (QED) is 0.442. The van der Waals surface area contributed by atoms with E-state index in [2.05, 4.69) is 34.6 Å². The van der Waals surface area contributed by atoms with Crippen LogP contribution < -0.4 is 16.6 Å². The lowest BCUT2D eigenvalue weighted by Crippen LogP contribution is -2.35. The fourth-order valence-electron chi connectivity index (χ4n) is 2.01. The van der Waals surface area contributed by atoms with E-state index in [1.807, 2.05) is 0 Å². The van der Waals surface area contributed by atoms with Gasteiger partial charge in [0, 0.05) is 24.1 Å². The number of nitrogens with two attached hydrogens (primary N) is 1. The number of aromatic nitrogens is 2. The van der Waals surface area contributed by atoms with Gasteiger partial charge in [-0.05, 0) is 32.6 Å². The molecule has 0 amide bonds. The summed E-state index contributed by atoms with van der Waals surface area (Å²) in [6.07, 6.45) is 3.88. The van der Waals surface area contributed by atoms with Crippen LogP contribution in [-0.2, 0) is 0 Å². The van der Waals surface area contributed by atoms with Crippen molar-refractivity contribution in [2.45, 2.75) is 51.0 Å². The van der Waals surface area contributed by atoms with Crippen LogP contribution in [0.1, 0.15) is 51.3 Å². The SMILES string of the molecule is CCC(C)(CCO)Nc1cc(NN)nc(C2CC2)n1. The van der Waals surface area contributed by atoms with Crippen LogP contribution in [-0.4, -0.2) is 27.2 Å². The first-order valence-electron chi connectivity index (χ1n) is 6.85. The number of aliphatic hydroxyl groups is 1. The smallest absolute Gasteiger partial charge is 0.145 e. The fourth-order valence-corrected chi connectivity index (χ4v) is 2.01. The van der Waals surface area contributed by atoms with Gasteiger partial charge in [-0.2, -0.15) is 0 Å². The molecule has 0 saturated heterocycles. The minimum absolute atomic E-state index is 0.153. The van der Waals surface area contributed by atoms with E-state index in [9.17, 15) is 0 Å². The first-order chi connectivity index (χ1) is 9.10. The van der Waals surface area contributed by atoms with E-state index in [1.54, 1.807) is 6.07 Å². The Kier molecular flexibility index (Phi) is 4.21. The molecule has 1 aromatic heterocycles. The third kappa shape index (κ3) is 3.54. The maximum absolute atomic E-state index is 9.16. The first kappa shape index (κ1) is 14.0. The second-order valence-electron chi connectivity index (χ2n) is 5.43. The van der Waals surface area contributed by atoms with Gasteiger partial charge < -0.3 is 15.8 Å². The van der Waals surface area contributed by atoms with Gasteiger partial charge in [0.25, 0.3) is 0 Å². The molecule has 6 heteroatoms. The highest BCUT2D eigenvalue weighted by atomic mass is 16.3. The molecule has 1 unspecified atom stereocenters.